The van der Waals surface area contributed by atoms with E-state index in [-0.39, 0.29) is 11.6 Å². The Kier molecular flexibility index (Phi) is 4.44. The standard InChI is InChI=1S/C17H23N5O2/c23-17-7-13-11-24-6-5-16(13)21-22(17)15-3-1-14(2-4-15)18-8-12-9-19-20-10-12/h7,9-10,14-15,18H,1-6,8,11H2,(H,19,20). The zero-order valence-corrected chi connectivity index (χ0v) is 13.7. The molecule has 0 bridgehead atoms. The monoisotopic (exact) mass is 329 g/mol. The predicted molar refractivity (Wildman–Crippen MR) is 88.6 cm³/mol. The van der Waals surface area contributed by atoms with Crippen LogP contribution in [0.15, 0.2) is 23.3 Å². The third-order valence-corrected chi connectivity index (χ3v) is 5.06. The first-order valence-electron chi connectivity index (χ1n) is 8.70. The molecular weight excluding hydrogens is 306 g/mol. The fraction of sp³-hybridized carbons (Fsp3) is 0.588. The Balaban J connectivity index is 1.38. The lowest BCUT2D eigenvalue weighted by molar-refractivity contribution is 0.107. The fourth-order valence-corrected chi connectivity index (χ4v) is 3.65. The first kappa shape index (κ1) is 15.5. The molecule has 0 amide bonds. The van der Waals surface area contributed by atoms with Gasteiger partial charge in [0, 0.05) is 42.4 Å². The van der Waals surface area contributed by atoms with E-state index in [9.17, 15) is 4.79 Å². The van der Waals surface area contributed by atoms with E-state index < -0.39 is 0 Å². The number of hydrogen-bond donors (Lipinski definition) is 2. The normalized spacial score (nSPS) is 23.8. The van der Waals surface area contributed by atoms with Gasteiger partial charge in [-0.25, -0.2) is 4.68 Å². The molecule has 128 valence electrons. The third-order valence-electron chi connectivity index (χ3n) is 5.06. The van der Waals surface area contributed by atoms with Crippen LogP contribution in [0.2, 0.25) is 0 Å². The maximum absolute atomic E-state index is 12.4. The Hall–Kier alpha value is -1.99. The molecule has 2 aliphatic rings. The van der Waals surface area contributed by atoms with Gasteiger partial charge < -0.3 is 10.1 Å². The molecule has 0 spiro atoms. The van der Waals surface area contributed by atoms with E-state index in [1.165, 1.54) is 5.56 Å². The van der Waals surface area contributed by atoms with Crippen molar-refractivity contribution in [3.05, 3.63) is 45.6 Å². The van der Waals surface area contributed by atoms with E-state index in [4.69, 9.17) is 4.74 Å². The third kappa shape index (κ3) is 3.27. The Labute approximate surface area is 140 Å². The Bertz CT molecular complexity index is 732. The summed E-state index contributed by atoms with van der Waals surface area (Å²) in [6.07, 6.45) is 8.68. The molecule has 1 fully saturated rings. The summed E-state index contributed by atoms with van der Waals surface area (Å²) in [5.74, 6) is 0. The minimum absolute atomic E-state index is 0.00839. The first-order valence-corrected chi connectivity index (χ1v) is 8.70. The van der Waals surface area contributed by atoms with Gasteiger partial charge in [0.2, 0.25) is 0 Å². The molecule has 1 saturated carbocycles. The molecule has 2 N–H and O–H groups in total. The minimum atomic E-state index is 0.00839. The maximum Gasteiger partial charge on any atom is 0.267 e. The van der Waals surface area contributed by atoms with Gasteiger partial charge in [0.15, 0.2) is 0 Å². The van der Waals surface area contributed by atoms with E-state index in [0.717, 1.165) is 49.9 Å². The molecule has 0 saturated heterocycles. The average molecular weight is 329 g/mol. The summed E-state index contributed by atoms with van der Waals surface area (Å²) in [7, 11) is 0. The highest BCUT2D eigenvalue weighted by Crippen LogP contribution is 2.27. The molecule has 7 heteroatoms. The Morgan fingerprint density at radius 1 is 1.33 bits per heavy atom. The number of nitrogens with one attached hydrogen (secondary N) is 2. The molecule has 4 rings (SSSR count). The smallest absolute Gasteiger partial charge is 0.267 e. The Morgan fingerprint density at radius 2 is 2.21 bits per heavy atom. The number of aromatic amines is 1. The summed E-state index contributed by atoms with van der Waals surface area (Å²) in [6.45, 7) is 2.05. The summed E-state index contributed by atoms with van der Waals surface area (Å²) in [4.78, 5) is 12.4. The van der Waals surface area contributed by atoms with E-state index in [1.54, 1.807) is 10.7 Å². The lowest BCUT2D eigenvalue weighted by Crippen LogP contribution is -2.37. The van der Waals surface area contributed by atoms with Crippen molar-refractivity contribution in [2.24, 2.45) is 0 Å². The van der Waals surface area contributed by atoms with Gasteiger partial charge in [-0.2, -0.15) is 10.2 Å². The van der Waals surface area contributed by atoms with Crippen LogP contribution in [-0.2, 0) is 24.3 Å². The highest BCUT2D eigenvalue weighted by Gasteiger charge is 2.25. The highest BCUT2D eigenvalue weighted by atomic mass is 16.5. The molecule has 0 radical (unpaired) electrons. The molecule has 1 aliphatic heterocycles. The van der Waals surface area contributed by atoms with Gasteiger partial charge in [0.05, 0.1) is 31.1 Å². The van der Waals surface area contributed by atoms with Crippen LogP contribution in [0, 0.1) is 0 Å². The van der Waals surface area contributed by atoms with Gasteiger partial charge in [-0.3, -0.25) is 9.89 Å². The van der Waals surface area contributed by atoms with Gasteiger partial charge in [-0.15, -0.1) is 0 Å². The van der Waals surface area contributed by atoms with Crippen LogP contribution in [0.1, 0.15) is 48.5 Å². The molecule has 2 aromatic heterocycles. The fourth-order valence-electron chi connectivity index (χ4n) is 3.65. The quantitative estimate of drug-likeness (QED) is 0.883. The van der Waals surface area contributed by atoms with Crippen molar-refractivity contribution in [1.29, 1.82) is 0 Å². The van der Waals surface area contributed by atoms with Crippen LogP contribution in [0.4, 0.5) is 0 Å². The summed E-state index contributed by atoms with van der Waals surface area (Å²) >= 11 is 0. The zero-order chi connectivity index (χ0) is 16.4. The van der Waals surface area contributed by atoms with Crippen LogP contribution in [0.3, 0.4) is 0 Å². The van der Waals surface area contributed by atoms with Crippen molar-refractivity contribution in [1.82, 2.24) is 25.3 Å². The summed E-state index contributed by atoms with van der Waals surface area (Å²) in [5, 5.41) is 15.0. The van der Waals surface area contributed by atoms with Crippen LogP contribution in [-0.4, -0.2) is 32.6 Å². The topological polar surface area (TPSA) is 84.8 Å². The molecule has 2 aromatic rings. The Morgan fingerprint density at radius 3 is 3.00 bits per heavy atom. The lowest BCUT2D eigenvalue weighted by Gasteiger charge is -2.30. The maximum atomic E-state index is 12.4. The van der Waals surface area contributed by atoms with Gasteiger partial charge in [0.1, 0.15) is 0 Å². The molecule has 0 unspecified atom stereocenters. The average Bonchev–Trinajstić information content (AvgIpc) is 3.13. The zero-order valence-electron chi connectivity index (χ0n) is 13.7. The molecule has 0 aromatic carbocycles. The molecule has 24 heavy (non-hydrogen) atoms. The van der Waals surface area contributed by atoms with Gasteiger partial charge in [-0.1, -0.05) is 0 Å². The molecule has 0 atom stereocenters. The van der Waals surface area contributed by atoms with Gasteiger partial charge in [-0.05, 0) is 25.7 Å². The number of aromatic nitrogens is 4. The molecule has 1 aliphatic carbocycles. The van der Waals surface area contributed by atoms with Crippen molar-refractivity contribution >= 4 is 0 Å². The number of H-pyrrole nitrogens is 1. The van der Waals surface area contributed by atoms with Crippen LogP contribution >= 0.6 is 0 Å². The number of ether oxygens (including phenoxy) is 1. The van der Waals surface area contributed by atoms with Crippen LogP contribution in [0.25, 0.3) is 0 Å². The van der Waals surface area contributed by atoms with Crippen molar-refractivity contribution in [3.8, 4) is 0 Å². The van der Waals surface area contributed by atoms with Crippen molar-refractivity contribution < 1.29 is 4.74 Å². The number of rotatable bonds is 4. The molecule has 3 heterocycles. The number of nitrogens with zero attached hydrogens (tertiary/aromatic N) is 3. The summed E-state index contributed by atoms with van der Waals surface area (Å²) < 4.78 is 7.12. The number of hydrogen-bond acceptors (Lipinski definition) is 5. The number of fused-ring (bicyclic) bond motifs is 1. The van der Waals surface area contributed by atoms with E-state index in [1.807, 2.05) is 12.4 Å². The minimum Gasteiger partial charge on any atom is -0.376 e. The lowest BCUT2D eigenvalue weighted by atomic mass is 9.91. The summed E-state index contributed by atoms with van der Waals surface area (Å²) in [5.41, 5.74) is 3.17. The first-order chi connectivity index (χ1) is 11.8. The summed E-state index contributed by atoms with van der Waals surface area (Å²) in [6, 6.07) is 2.43. The van der Waals surface area contributed by atoms with Crippen molar-refractivity contribution in [2.45, 2.75) is 57.3 Å². The van der Waals surface area contributed by atoms with E-state index >= 15 is 0 Å². The van der Waals surface area contributed by atoms with E-state index in [2.05, 4.69) is 20.6 Å². The second-order valence-corrected chi connectivity index (χ2v) is 6.69. The van der Waals surface area contributed by atoms with Crippen molar-refractivity contribution in [2.75, 3.05) is 6.61 Å². The van der Waals surface area contributed by atoms with Crippen LogP contribution in [0.5, 0.6) is 0 Å². The second kappa shape index (κ2) is 6.86. The van der Waals surface area contributed by atoms with Gasteiger partial charge in [0.25, 0.3) is 5.56 Å². The van der Waals surface area contributed by atoms with Crippen molar-refractivity contribution in [3.63, 3.8) is 0 Å². The highest BCUT2D eigenvalue weighted by molar-refractivity contribution is 5.19. The van der Waals surface area contributed by atoms with Gasteiger partial charge >= 0.3 is 0 Å². The predicted octanol–water partition coefficient (Wildman–Crippen LogP) is 1.31. The second-order valence-electron chi connectivity index (χ2n) is 6.69. The van der Waals surface area contributed by atoms with E-state index in [0.29, 0.717) is 19.3 Å². The van der Waals surface area contributed by atoms with Crippen LogP contribution < -0.4 is 10.9 Å². The molecule has 7 nitrogen and oxygen atoms in total. The SMILES string of the molecule is O=c1cc2c(nn1C1CCC(NCc3cn[nH]c3)CC1)CCOC2. The molecular formula is C17H23N5O2. The largest absolute Gasteiger partial charge is 0.376 e.